The Morgan fingerprint density at radius 2 is 1.00 bits per heavy atom. The van der Waals surface area contributed by atoms with Crippen LogP contribution < -0.4 is 0 Å². The highest BCUT2D eigenvalue weighted by atomic mass is 35.5. The topological polar surface area (TPSA) is 29.0 Å². The molecule has 0 amide bonds. The second-order valence-electron chi connectivity index (χ2n) is 12.1. The van der Waals surface area contributed by atoms with Crippen LogP contribution in [0, 0.1) is 5.41 Å². The Kier molecular flexibility index (Phi) is 10.5. The third-order valence-electron chi connectivity index (χ3n) is 9.44. The van der Waals surface area contributed by atoms with Crippen molar-refractivity contribution in [1.82, 2.24) is 14.9 Å². The number of nitrogens with zero attached hydrogens (tertiary/aromatic N) is 3. The van der Waals surface area contributed by atoms with E-state index in [1.807, 2.05) is 12.4 Å². The lowest BCUT2D eigenvalue weighted by atomic mass is 9.71. The van der Waals surface area contributed by atoms with E-state index in [1.165, 1.54) is 154 Å². The molecule has 2 atom stereocenters. The van der Waals surface area contributed by atoms with Gasteiger partial charge in [-0.05, 0) is 69.9 Å². The van der Waals surface area contributed by atoms with Crippen LogP contribution in [-0.4, -0.2) is 34.5 Å². The van der Waals surface area contributed by atoms with Crippen molar-refractivity contribution >= 4 is 11.6 Å². The molecule has 0 spiro atoms. The van der Waals surface area contributed by atoms with Crippen molar-refractivity contribution in [3.8, 4) is 0 Å². The van der Waals surface area contributed by atoms with Crippen molar-refractivity contribution in [3.05, 3.63) is 23.2 Å². The van der Waals surface area contributed by atoms with E-state index in [0.29, 0.717) is 10.4 Å². The van der Waals surface area contributed by atoms with E-state index in [4.69, 9.17) is 21.6 Å². The van der Waals surface area contributed by atoms with E-state index in [1.54, 1.807) is 0 Å². The molecule has 2 bridgehead atoms. The third-order valence-corrected chi connectivity index (χ3v) is 9.63. The number of hydrogen-bond donors (Lipinski definition) is 0. The normalized spacial score (nSPS) is 31.6. The summed E-state index contributed by atoms with van der Waals surface area (Å²) in [5.74, 6) is 1.08. The van der Waals surface area contributed by atoms with Gasteiger partial charge >= 0.3 is 0 Å². The second kappa shape index (κ2) is 13.6. The molecular weight excluding hydrogens is 438 g/mol. The van der Waals surface area contributed by atoms with Crippen molar-refractivity contribution in [2.75, 3.05) is 19.6 Å². The van der Waals surface area contributed by atoms with Gasteiger partial charge in [0.05, 0.1) is 5.02 Å². The summed E-state index contributed by atoms with van der Waals surface area (Å²) in [6.07, 6.45) is 32.8. The Morgan fingerprint density at radius 3 is 1.59 bits per heavy atom. The molecule has 1 aliphatic heterocycles. The Hall–Kier alpha value is -0.670. The lowest BCUT2D eigenvalue weighted by Crippen LogP contribution is -2.39. The van der Waals surface area contributed by atoms with Crippen molar-refractivity contribution in [3.63, 3.8) is 0 Å². The zero-order chi connectivity index (χ0) is 23.5. The van der Waals surface area contributed by atoms with Crippen LogP contribution in [0.3, 0.4) is 0 Å². The predicted molar refractivity (Wildman–Crippen MR) is 145 cm³/mol. The molecule has 4 rings (SSSR count). The van der Waals surface area contributed by atoms with Gasteiger partial charge in [0.1, 0.15) is 5.82 Å². The average Bonchev–Trinajstić information content (AvgIpc) is 2.95. The summed E-state index contributed by atoms with van der Waals surface area (Å²) in [5, 5.41) is 0.662. The van der Waals surface area contributed by atoms with Crippen LogP contribution in [0.15, 0.2) is 12.4 Å². The van der Waals surface area contributed by atoms with Crippen LogP contribution in [0.2, 0.25) is 5.02 Å². The number of halogens is 1. The fourth-order valence-corrected chi connectivity index (χ4v) is 7.55. The molecule has 4 heteroatoms. The predicted octanol–water partition coefficient (Wildman–Crippen LogP) is 8.89. The molecule has 2 saturated carbocycles. The first-order valence-electron chi connectivity index (χ1n) is 14.9. The molecule has 34 heavy (non-hydrogen) atoms. The van der Waals surface area contributed by atoms with E-state index in [0.717, 1.165) is 5.82 Å². The van der Waals surface area contributed by atoms with Gasteiger partial charge in [0.2, 0.25) is 0 Å². The van der Waals surface area contributed by atoms with E-state index < -0.39 is 0 Å². The number of rotatable bonds is 3. The number of aromatic nitrogens is 2. The lowest BCUT2D eigenvalue weighted by molar-refractivity contribution is 0.105. The first-order chi connectivity index (χ1) is 16.7. The standard InChI is InChI=1S/C30H50ClN3/c31-27-24-32-28(33-25-27)30-19-10-4-3-8-16-29(18-12-13-21-30,17-9-7-11-20-30)26-34-22-14-5-1-2-6-15-23-34/h24-25H,1-23,26H2. The van der Waals surface area contributed by atoms with Gasteiger partial charge in [-0.15, -0.1) is 0 Å². The molecule has 0 N–H and O–H groups in total. The maximum atomic E-state index is 6.17. The smallest absolute Gasteiger partial charge is 0.134 e. The zero-order valence-corrected chi connectivity index (χ0v) is 22.6. The molecule has 3 aliphatic rings. The van der Waals surface area contributed by atoms with Gasteiger partial charge in [0, 0.05) is 24.4 Å². The van der Waals surface area contributed by atoms with Crippen molar-refractivity contribution in [2.45, 2.75) is 140 Å². The summed E-state index contributed by atoms with van der Waals surface area (Å²) in [5.41, 5.74) is 0.717. The Bertz CT molecular complexity index is 698. The summed E-state index contributed by atoms with van der Waals surface area (Å²) < 4.78 is 0. The van der Waals surface area contributed by atoms with Gasteiger partial charge in [0.15, 0.2) is 0 Å². The molecule has 1 aromatic rings. The van der Waals surface area contributed by atoms with Crippen molar-refractivity contribution in [2.24, 2.45) is 5.41 Å². The summed E-state index contributed by atoms with van der Waals surface area (Å²) in [4.78, 5) is 12.5. The number of hydrogen-bond acceptors (Lipinski definition) is 3. The van der Waals surface area contributed by atoms with Gasteiger partial charge in [0.25, 0.3) is 0 Å². The molecule has 1 aromatic heterocycles. The Balaban J connectivity index is 1.52. The molecule has 192 valence electrons. The van der Waals surface area contributed by atoms with Crippen LogP contribution >= 0.6 is 11.6 Å². The minimum Gasteiger partial charge on any atom is -0.303 e. The van der Waals surface area contributed by atoms with E-state index in [9.17, 15) is 0 Å². The van der Waals surface area contributed by atoms with Gasteiger partial charge in [-0.25, -0.2) is 9.97 Å². The largest absolute Gasteiger partial charge is 0.303 e. The highest BCUT2D eigenvalue weighted by Gasteiger charge is 2.37. The molecule has 1 saturated heterocycles. The van der Waals surface area contributed by atoms with E-state index in [2.05, 4.69) is 4.90 Å². The molecule has 3 nitrogen and oxygen atoms in total. The molecule has 0 radical (unpaired) electrons. The fraction of sp³-hybridized carbons (Fsp3) is 0.867. The summed E-state index contributed by atoms with van der Waals surface area (Å²) in [7, 11) is 0. The van der Waals surface area contributed by atoms with Crippen molar-refractivity contribution < 1.29 is 0 Å². The zero-order valence-electron chi connectivity index (χ0n) is 21.8. The van der Waals surface area contributed by atoms with E-state index in [-0.39, 0.29) is 5.41 Å². The van der Waals surface area contributed by atoms with Gasteiger partial charge < -0.3 is 4.90 Å². The molecular formula is C30H50ClN3. The monoisotopic (exact) mass is 487 g/mol. The van der Waals surface area contributed by atoms with Crippen LogP contribution in [0.1, 0.15) is 141 Å². The molecule has 2 heterocycles. The highest BCUT2D eigenvalue weighted by molar-refractivity contribution is 6.30. The summed E-state index contributed by atoms with van der Waals surface area (Å²) in [6, 6.07) is 0. The quantitative estimate of drug-likeness (QED) is 0.426. The lowest BCUT2D eigenvalue weighted by Gasteiger charge is -2.40. The van der Waals surface area contributed by atoms with Crippen LogP contribution in [0.25, 0.3) is 0 Å². The van der Waals surface area contributed by atoms with Gasteiger partial charge in [-0.1, -0.05) is 95.1 Å². The minimum absolute atomic E-state index is 0.165. The maximum Gasteiger partial charge on any atom is 0.134 e. The second-order valence-corrected chi connectivity index (χ2v) is 12.5. The fourth-order valence-electron chi connectivity index (χ4n) is 7.45. The molecule has 3 fully saturated rings. The maximum absolute atomic E-state index is 6.17. The minimum atomic E-state index is 0.165. The number of fused-ring (bicyclic) bond motifs is 5. The third kappa shape index (κ3) is 7.66. The Morgan fingerprint density at radius 1 is 0.588 bits per heavy atom. The first-order valence-corrected chi connectivity index (χ1v) is 15.3. The Labute approximate surface area is 214 Å². The van der Waals surface area contributed by atoms with Gasteiger partial charge in [-0.3, -0.25) is 0 Å². The summed E-state index contributed by atoms with van der Waals surface area (Å²) >= 11 is 6.17. The van der Waals surface area contributed by atoms with Crippen molar-refractivity contribution in [1.29, 1.82) is 0 Å². The van der Waals surface area contributed by atoms with Crippen LogP contribution in [-0.2, 0) is 5.41 Å². The first kappa shape index (κ1) is 26.4. The highest BCUT2D eigenvalue weighted by Crippen LogP contribution is 2.44. The molecule has 2 aliphatic carbocycles. The molecule has 2 unspecified atom stereocenters. The molecule has 0 aromatic carbocycles. The van der Waals surface area contributed by atoms with E-state index >= 15 is 0 Å². The summed E-state index contributed by atoms with van der Waals surface area (Å²) in [6.45, 7) is 4.07. The van der Waals surface area contributed by atoms with Crippen LogP contribution in [0.4, 0.5) is 0 Å². The SMILES string of the molecule is Clc1cnc(C23CCCCCCC(CN4CCCCCCCC4)(CCCCC2)CCCC3)nc1. The van der Waals surface area contributed by atoms with Gasteiger partial charge in [-0.2, -0.15) is 0 Å². The van der Waals surface area contributed by atoms with Crippen LogP contribution in [0.5, 0.6) is 0 Å². The average molecular weight is 488 g/mol.